The maximum atomic E-state index is 11.7. The lowest BCUT2D eigenvalue weighted by Crippen LogP contribution is -2.28. The number of aryl methyl sites for hydroxylation is 1. The van der Waals surface area contributed by atoms with Gasteiger partial charge in [0.2, 0.25) is 0 Å². The third-order valence-electron chi connectivity index (χ3n) is 2.90. The molecule has 2 N–H and O–H groups in total. The predicted octanol–water partition coefficient (Wildman–Crippen LogP) is 2.55. The van der Waals surface area contributed by atoms with Crippen LogP contribution in [0, 0.1) is 0 Å². The fourth-order valence-corrected chi connectivity index (χ4v) is 1.81. The molecule has 5 nitrogen and oxygen atoms in total. The van der Waals surface area contributed by atoms with Crippen molar-refractivity contribution in [3.8, 4) is 0 Å². The number of urea groups is 1. The number of carbonyl (C=O) groups excluding carboxylic acids is 2. The molecule has 0 bridgehead atoms. The highest BCUT2D eigenvalue weighted by Gasteiger charge is 2.03. The van der Waals surface area contributed by atoms with Crippen molar-refractivity contribution in [2.24, 2.45) is 7.05 Å². The molecular formula is C15H17N3O2. The molecule has 0 atom stereocenters. The monoisotopic (exact) mass is 271 g/mol. The van der Waals surface area contributed by atoms with Gasteiger partial charge < -0.3 is 15.2 Å². The molecule has 0 aliphatic heterocycles. The van der Waals surface area contributed by atoms with Gasteiger partial charge in [0.1, 0.15) is 0 Å². The third-order valence-corrected chi connectivity index (χ3v) is 2.90. The summed E-state index contributed by atoms with van der Waals surface area (Å²) in [7, 11) is 1.93. The standard InChI is InChI=1S/C15H17N3O2/c1-11(19)13-3-5-14(6-4-13)17-15(20)16-9-12-7-8-18(2)10-12/h3-8,10H,9H2,1-2H3,(H2,16,17,20). The van der Waals surface area contributed by atoms with Gasteiger partial charge in [-0.3, -0.25) is 4.79 Å². The van der Waals surface area contributed by atoms with Crippen LogP contribution in [0.15, 0.2) is 42.7 Å². The number of nitrogens with zero attached hydrogens (tertiary/aromatic N) is 1. The average molecular weight is 271 g/mol. The Labute approximate surface area is 117 Å². The zero-order valence-electron chi connectivity index (χ0n) is 11.5. The fraction of sp³-hybridized carbons (Fsp3) is 0.200. The van der Waals surface area contributed by atoms with E-state index in [2.05, 4.69) is 10.6 Å². The van der Waals surface area contributed by atoms with Gasteiger partial charge in [0.05, 0.1) is 0 Å². The second kappa shape index (κ2) is 6.06. The van der Waals surface area contributed by atoms with E-state index in [4.69, 9.17) is 0 Å². The van der Waals surface area contributed by atoms with E-state index in [0.717, 1.165) is 5.56 Å². The fourth-order valence-electron chi connectivity index (χ4n) is 1.81. The lowest BCUT2D eigenvalue weighted by Gasteiger charge is -2.07. The van der Waals surface area contributed by atoms with Crippen LogP contribution in [-0.4, -0.2) is 16.4 Å². The van der Waals surface area contributed by atoms with E-state index in [9.17, 15) is 9.59 Å². The number of amides is 2. The summed E-state index contributed by atoms with van der Waals surface area (Å²) < 4.78 is 1.93. The maximum absolute atomic E-state index is 11.7. The number of benzene rings is 1. The molecule has 0 radical (unpaired) electrons. The van der Waals surface area contributed by atoms with Crippen molar-refractivity contribution in [3.05, 3.63) is 53.9 Å². The molecule has 0 saturated carbocycles. The van der Waals surface area contributed by atoms with E-state index in [1.807, 2.05) is 30.1 Å². The van der Waals surface area contributed by atoms with Crippen molar-refractivity contribution in [3.63, 3.8) is 0 Å². The van der Waals surface area contributed by atoms with Gasteiger partial charge in [-0.25, -0.2) is 4.79 Å². The Morgan fingerprint density at radius 3 is 2.40 bits per heavy atom. The first-order chi connectivity index (χ1) is 9.54. The van der Waals surface area contributed by atoms with Crippen LogP contribution in [0.3, 0.4) is 0 Å². The topological polar surface area (TPSA) is 63.1 Å². The number of anilines is 1. The summed E-state index contributed by atoms with van der Waals surface area (Å²) in [6.07, 6.45) is 3.87. The molecule has 0 spiro atoms. The number of rotatable bonds is 4. The highest BCUT2D eigenvalue weighted by molar-refractivity contribution is 5.95. The van der Waals surface area contributed by atoms with Gasteiger partial charge in [0.25, 0.3) is 0 Å². The number of carbonyl (C=O) groups is 2. The summed E-state index contributed by atoms with van der Waals surface area (Å²) in [5.74, 6) is 0.00470. The number of hydrogen-bond donors (Lipinski definition) is 2. The molecule has 0 aliphatic carbocycles. The second-order valence-corrected chi connectivity index (χ2v) is 4.63. The summed E-state index contributed by atoms with van der Waals surface area (Å²) >= 11 is 0. The zero-order valence-corrected chi connectivity index (χ0v) is 11.5. The zero-order chi connectivity index (χ0) is 14.5. The van der Waals surface area contributed by atoms with E-state index in [0.29, 0.717) is 17.8 Å². The molecule has 1 heterocycles. The minimum atomic E-state index is -0.274. The molecule has 1 aromatic heterocycles. The van der Waals surface area contributed by atoms with Crippen LogP contribution >= 0.6 is 0 Å². The van der Waals surface area contributed by atoms with E-state index in [-0.39, 0.29) is 11.8 Å². The van der Waals surface area contributed by atoms with Crippen LogP contribution in [0.2, 0.25) is 0 Å². The van der Waals surface area contributed by atoms with Crippen LogP contribution in [0.1, 0.15) is 22.8 Å². The number of ketones is 1. The van der Waals surface area contributed by atoms with E-state index in [1.54, 1.807) is 24.3 Å². The molecule has 104 valence electrons. The second-order valence-electron chi connectivity index (χ2n) is 4.63. The van der Waals surface area contributed by atoms with Gasteiger partial charge in [-0.15, -0.1) is 0 Å². The van der Waals surface area contributed by atoms with Crippen LogP contribution < -0.4 is 10.6 Å². The molecule has 2 aromatic rings. The normalized spacial score (nSPS) is 10.1. The Morgan fingerprint density at radius 2 is 1.85 bits per heavy atom. The maximum Gasteiger partial charge on any atom is 0.319 e. The minimum Gasteiger partial charge on any atom is -0.357 e. The van der Waals surface area contributed by atoms with Crippen molar-refractivity contribution in [1.29, 1.82) is 0 Å². The van der Waals surface area contributed by atoms with E-state index >= 15 is 0 Å². The van der Waals surface area contributed by atoms with Crippen molar-refractivity contribution < 1.29 is 9.59 Å². The predicted molar refractivity (Wildman–Crippen MR) is 77.7 cm³/mol. The Morgan fingerprint density at radius 1 is 1.15 bits per heavy atom. The van der Waals surface area contributed by atoms with E-state index in [1.165, 1.54) is 6.92 Å². The summed E-state index contributed by atoms with van der Waals surface area (Å²) in [5.41, 5.74) is 2.32. The van der Waals surface area contributed by atoms with Gasteiger partial charge in [-0.05, 0) is 42.8 Å². The average Bonchev–Trinajstić information content (AvgIpc) is 2.83. The molecule has 2 amide bonds. The minimum absolute atomic E-state index is 0.00470. The van der Waals surface area contributed by atoms with Crippen molar-refractivity contribution in [1.82, 2.24) is 9.88 Å². The number of hydrogen-bond acceptors (Lipinski definition) is 2. The smallest absolute Gasteiger partial charge is 0.319 e. The van der Waals surface area contributed by atoms with Crippen LogP contribution in [0.4, 0.5) is 10.5 Å². The molecule has 1 aromatic carbocycles. The van der Waals surface area contributed by atoms with Gasteiger partial charge in [-0.2, -0.15) is 0 Å². The van der Waals surface area contributed by atoms with Gasteiger partial charge in [0, 0.05) is 37.2 Å². The molecule has 2 rings (SSSR count). The third kappa shape index (κ3) is 3.71. The molecule has 20 heavy (non-hydrogen) atoms. The van der Waals surface area contributed by atoms with Crippen LogP contribution in [-0.2, 0) is 13.6 Å². The lowest BCUT2D eigenvalue weighted by atomic mass is 10.1. The Bertz CT molecular complexity index is 614. The largest absolute Gasteiger partial charge is 0.357 e. The number of nitrogens with one attached hydrogen (secondary N) is 2. The first kappa shape index (κ1) is 13.9. The van der Waals surface area contributed by atoms with Gasteiger partial charge in [0.15, 0.2) is 5.78 Å². The van der Waals surface area contributed by atoms with E-state index < -0.39 is 0 Å². The molecule has 0 saturated heterocycles. The summed E-state index contributed by atoms with van der Waals surface area (Å²) in [4.78, 5) is 22.9. The van der Waals surface area contributed by atoms with Crippen molar-refractivity contribution in [2.75, 3.05) is 5.32 Å². The molecular weight excluding hydrogens is 254 g/mol. The summed E-state index contributed by atoms with van der Waals surface area (Å²) in [6.45, 7) is 1.98. The Hall–Kier alpha value is -2.56. The Kier molecular flexibility index (Phi) is 4.20. The molecule has 0 fully saturated rings. The van der Waals surface area contributed by atoms with Crippen molar-refractivity contribution >= 4 is 17.5 Å². The van der Waals surface area contributed by atoms with Gasteiger partial charge in [-0.1, -0.05) is 0 Å². The van der Waals surface area contributed by atoms with Crippen LogP contribution in [0.5, 0.6) is 0 Å². The number of Topliss-reactive ketones (excluding diaryl/α,β-unsaturated/α-hetero) is 1. The highest BCUT2D eigenvalue weighted by atomic mass is 16.2. The first-order valence-corrected chi connectivity index (χ1v) is 6.31. The lowest BCUT2D eigenvalue weighted by molar-refractivity contribution is 0.101. The van der Waals surface area contributed by atoms with Gasteiger partial charge >= 0.3 is 6.03 Å². The summed E-state index contributed by atoms with van der Waals surface area (Å²) in [6, 6.07) is 8.47. The molecule has 0 aliphatic rings. The highest BCUT2D eigenvalue weighted by Crippen LogP contribution is 2.10. The Balaban J connectivity index is 1.86. The molecule has 5 heteroatoms. The SMILES string of the molecule is CC(=O)c1ccc(NC(=O)NCc2ccn(C)c2)cc1. The van der Waals surface area contributed by atoms with Crippen LogP contribution in [0.25, 0.3) is 0 Å². The first-order valence-electron chi connectivity index (χ1n) is 6.31. The van der Waals surface area contributed by atoms with Crippen molar-refractivity contribution in [2.45, 2.75) is 13.5 Å². The molecule has 0 unspecified atom stereocenters. The quantitative estimate of drug-likeness (QED) is 0.839. The summed E-state index contributed by atoms with van der Waals surface area (Å²) in [5, 5.41) is 5.48. The number of aromatic nitrogens is 1.